The summed E-state index contributed by atoms with van der Waals surface area (Å²) in [6.45, 7) is 4.23. The predicted molar refractivity (Wildman–Crippen MR) is 106 cm³/mol. The molecule has 4 atom stereocenters. The van der Waals surface area contributed by atoms with E-state index in [0.29, 0.717) is 11.0 Å². The van der Waals surface area contributed by atoms with E-state index in [4.69, 9.17) is 15.0 Å². The summed E-state index contributed by atoms with van der Waals surface area (Å²) in [5.41, 5.74) is 5.17. The molecule has 0 saturated carbocycles. The number of nitrogen functional groups attached to an aromatic ring is 1. The zero-order valence-electron chi connectivity index (χ0n) is 16.7. The minimum atomic E-state index is -4.21. The maximum atomic E-state index is 12.1. The second-order valence-corrected chi connectivity index (χ2v) is 9.19. The molecule has 0 saturated heterocycles. The van der Waals surface area contributed by atoms with Crippen LogP contribution in [-0.4, -0.2) is 65.5 Å². The van der Waals surface area contributed by atoms with Gasteiger partial charge in [0.1, 0.15) is 23.9 Å². The van der Waals surface area contributed by atoms with Crippen LogP contribution >= 0.6 is 7.60 Å². The van der Waals surface area contributed by atoms with Gasteiger partial charge in [0, 0.05) is 6.20 Å². The van der Waals surface area contributed by atoms with Gasteiger partial charge in [-0.25, -0.2) is 9.97 Å². The number of ether oxygens (including phenoxy) is 1. The van der Waals surface area contributed by atoms with Crippen molar-refractivity contribution in [1.82, 2.24) is 14.5 Å². The molecule has 6 N–H and O–H groups in total. The number of rotatable bonds is 11. The van der Waals surface area contributed by atoms with Gasteiger partial charge in [0.25, 0.3) is 0 Å². The standard InChI is InChI=1S/C17H29N4O7P/c1-4-13(24)29(25,26)28-17(2,3)6-8-27-16(12(23)9-22)21-7-5-11-14(18)19-10-20-15(11)21/h5,7,10,12-13,16,22-24H,4,6,8-9H2,1-3H3,(H,25,26)(H2,18,19,20)/t12-,13?,16?/m1/s1. The van der Waals surface area contributed by atoms with Gasteiger partial charge in [-0.1, -0.05) is 6.92 Å². The first-order chi connectivity index (χ1) is 13.5. The lowest BCUT2D eigenvalue weighted by Crippen LogP contribution is -2.32. The van der Waals surface area contributed by atoms with Crippen molar-refractivity contribution in [3.63, 3.8) is 0 Å². The zero-order valence-corrected chi connectivity index (χ0v) is 17.6. The lowest BCUT2D eigenvalue weighted by Gasteiger charge is -2.31. The van der Waals surface area contributed by atoms with E-state index in [-0.39, 0.29) is 25.3 Å². The summed E-state index contributed by atoms with van der Waals surface area (Å²) in [6, 6.07) is 1.67. The van der Waals surface area contributed by atoms with E-state index in [9.17, 15) is 24.8 Å². The second-order valence-electron chi connectivity index (χ2n) is 7.28. The van der Waals surface area contributed by atoms with Crippen LogP contribution in [0.3, 0.4) is 0 Å². The highest BCUT2D eigenvalue weighted by molar-refractivity contribution is 7.53. The molecule has 2 aromatic heterocycles. The van der Waals surface area contributed by atoms with Crippen molar-refractivity contribution in [2.75, 3.05) is 18.9 Å². The van der Waals surface area contributed by atoms with Crippen LogP contribution in [-0.2, 0) is 13.8 Å². The second kappa shape index (κ2) is 9.48. The average Bonchev–Trinajstić information content (AvgIpc) is 3.08. The molecule has 0 radical (unpaired) electrons. The Bertz CT molecular complexity index is 859. The summed E-state index contributed by atoms with van der Waals surface area (Å²) < 4.78 is 24.7. The predicted octanol–water partition coefficient (Wildman–Crippen LogP) is 0.981. The molecule has 29 heavy (non-hydrogen) atoms. The van der Waals surface area contributed by atoms with Crippen molar-refractivity contribution < 1.29 is 34.0 Å². The van der Waals surface area contributed by atoms with E-state index in [1.807, 2.05) is 0 Å². The topological polar surface area (TPSA) is 173 Å². The van der Waals surface area contributed by atoms with Gasteiger partial charge >= 0.3 is 7.60 Å². The van der Waals surface area contributed by atoms with Crippen molar-refractivity contribution in [3.8, 4) is 0 Å². The van der Waals surface area contributed by atoms with Gasteiger partial charge < -0.3 is 39.8 Å². The first kappa shape index (κ1) is 23.7. The molecule has 0 bridgehead atoms. The SMILES string of the molecule is CCC(O)P(=O)(O)OC(C)(C)CCOC([C@H](O)CO)n1ccc2c(N)ncnc21. The normalized spacial score (nSPS) is 17.8. The van der Waals surface area contributed by atoms with E-state index in [1.54, 1.807) is 33.0 Å². The van der Waals surface area contributed by atoms with Gasteiger partial charge in [-0.2, -0.15) is 0 Å². The van der Waals surface area contributed by atoms with Gasteiger partial charge in [0.2, 0.25) is 0 Å². The van der Waals surface area contributed by atoms with Crippen LogP contribution in [0.15, 0.2) is 18.6 Å². The van der Waals surface area contributed by atoms with Gasteiger partial charge in [0.15, 0.2) is 12.1 Å². The van der Waals surface area contributed by atoms with Crippen LogP contribution < -0.4 is 5.73 Å². The van der Waals surface area contributed by atoms with Gasteiger partial charge in [-0.05, 0) is 32.8 Å². The number of nitrogens with zero attached hydrogens (tertiary/aromatic N) is 3. The first-order valence-electron chi connectivity index (χ1n) is 9.21. The minimum absolute atomic E-state index is 0.0250. The molecule has 0 aliphatic rings. The molecule has 0 aliphatic heterocycles. The monoisotopic (exact) mass is 432 g/mol. The van der Waals surface area contributed by atoms with Crippen molar-refractivity contribution in [3.05, 3.63) is 18.6 Å². The molecule has 2 heterocycles. The fourth-order valence-corrected chi connectivity index (χ4v) is 4.16. The Balaban J connectivity index is 2.12. The van der Waals surface area contributed by atoms with E-state index < -0.39 is 38.0 Å². The molecular formula is C17H29N4O7P. The summed E-state index contributed by atoms with van der Waals surface area (Å²) >= 11 is 0. The average molecular weight is 432 g/mol. The number of aliphatic hydroxyl groups excluding tert-OH is 3. The third-order valence-corrected chi connectivity index (χ3v) is 6.32. The quantitative estimate of drug-likeness (QED) is 0.322. The van der Waals surface area contributed by atoms with Crippen molar-refractivity contribution in [2.24, 2.45) is 0 Å². The van der Waals surface area contributed by atoms with E-state index in [1.165, 1.54) is 10.9 Å². The first-order valence-corrected chi connectivity index (χ1v) is 10.9. The molecule has 164 valence electrons. The molecule has 0 spiro atoms. The number of anilines is 1. The highest BCUT2D eigenvalue weighted by Crippen LogP contribution is 2.51. The Morgan fingerprint density at radius 3 is 2.66 bits per heavy atom. The molecule has 12 heteroatoms. The summed E-state index contributed by atoms with van der Waals surface area (Å²) in [6.07, 6.45) is 0.920. The Morgan fingerprint density at radius 1 is 1.34 bits per heavy atom. The number of aliphatic hydroxyl groups is 3. The summed E-state index contributed by atoms with van der Waals surface area (Å²) in [4.78, 5) is 17.9. The largest absolute Gasteiger partial charge is 0.394 e. The highest BCUT2D eigenvalue weighted by Gasteiger charge is 2.36. The van der Waals surface area contributed by atoms with Gasteiger partial charge in [-0.3, -0.25) is 4.57 Å². The van der Waals surface area contributed by atoms with E-state index in [2.05, 4.69) is 9.97 Å². The third-order valence-electron chi connectivity index (χ3n) is 4.44. The van der Waals surface area contributed by atoms with Crippen molar-refractivity contribution in [2.45, 2.75) is 57.4 Å². The van der Waals surface area contributed by atoms with E-state index >= 15 is 0 Å². The lowest BCUT2D eigenvalue weighted by atomic mass is 10.1. The smallest absolute Gasteiger partial charge is 0.356 e. The highest BCUT2D eigenvalue weighted by atomic mass is 31.2. The Labute approximate surface area is 168 Å². The van der Waals surface area contributed by atoms with Gasteiger partial charge in [-0.15, -0.1) is 0 Å². The minimum Gasteiger partial charge on any atom is -0.394 e. The van der Waals surface area contributed by atoms with Crippen LogP contribution in [0.5, 0.6) is 0 Å². The Hall–Kier alpha value is -1.59. The number of aromatic nitrogens is 3. The zero-order chi connectivity index (χ0) is 21.8. The Morgan fingerprint density at radius 2 is 2.03 bits per heavy atom. The van der Waals surface area contributed by atoms with Crippen LogP contribution in [0.2, 0.25) is 0 Å². The number of hydrogen-bond donors (Lipinski definition) is 5. The number of nitrogens with two attached hydrogens (primary N) is 1. The lowest BCUT2D eigenvalue weighted by molar-refractivity contribution is -0.105. The molecule has 0 fully saturated rings. The van der Waals surface area contributed by atoms with Crippen molar-refractivity contribution in [1.29, 1.82) is 0 Å². The molecule has 2 rings (SSSR count). The fourth-order valence-electron chi connectivity index (χ4n) is 2.78. The molecule has 2 aromatic rings. The summed E-state index contributed by atoms with van der Waals surface area (Å²) in [5, 5.41) is 29.9. The number of hydrogen-bond acceptors (Lipinski definition) is 9. The molecule has 0 aliphatic carbocycles. The molecule has 3 unspecified atom stereocenters. The fraction of sp³-hybridized carbons (Fsp3) is 0.647. The molecule has 0 aromatic carbocycles. The van der Waals surface area contributed by atoms with E-state index in [0.717, 1.165) is 0 Å². The summed E-state index contributed by atoms with van der Waals surface area (Å²) in [5.74, 6) is -1.20. The molecule has 0 amide bonds. The molecule has 11 nitrogen and oxygen atoms in total. The van der Waals surface area contributed by atoms with Crippen LogP contribution in [0.25, 0.3) is 11.0 Å². The van der Waals surface area contributed by atoms with Crippen molar-refractivity contribution >= 4 is 24.4 Å². The maximum Gasteiger partial charge on any atom is 0.356 e. The van der Waals surface area contributed by atoms with Crippen LogP contribution in [0, 0.1) is 0 Å². The van der Waals surface area contributed by atoms with Crippen LogP contribution in [0.4, 0.5) is 5.82 Å². The molecular weight excluding hydrogens is 403 g/mol. The summed E-state index contributed by atoms with van der Waals surface area (Å²) in [7, 11) is -4.21. The maximum absolute atomic E-state index is 12.1. The number of fused-ring (bicyclic) bond motifs is 1. The van der Waals surface area contributed by atoms with Crippen LogP contribution in [0.1, 0.15) is 39.8 Å². The Kier molecular flexibility index (Phi) is 7.74. The third kappa shape index (κ3) is 5.73. The van der Waals surface area contributed by atoms with Gasteiger partial charge in [0.05, 0.1) is 24.2 Å².